The molecule has 2 atom stereocenters. The Balaban J connectivity index is 0.886. The Morgan fingerprint density at radius 1 is 0.292 bits per heavy atom. The van der Waals surface area contributed by atoms with E-state index in [0.29, 0.717) is 33.6 Å². The number of nitrogens with zero attached hydrogens (tertiary/aromatic N) is 2. The minimum atomic E-state index is 0.0280. The summed E-state index contributed by atoms with van der Waals surface area (Å²) in [5.74, 6) is 1.48. The van der Waals surface area contributed by atoms with E-state index in [1.165, 1.54) is 367 Å². The van der Waals surface area contributed by atoms with E-state index in [1.807, 2.05) is 150 Å². The van der Waals surface area contributed by atoms with Crippen molar-refractivity contribution < 1.29 is 9.59 Å². The number of carbonyl (C=O) groups is 2. The fourth-order valence-corrected chi connectivity index (χ4v) is 36.0. The molecule has 2 aliphatic heterocycles. The number of aryl methyl sites for hydroxylation is 4. The molecule has 2 aliphatic rings. The van der Waals surface area contributed by atoms with Crippen molar-refractivity contribution in [3.05, 3.63) is 161 Å². The Morgan fingerprint density at radius 2 is 0.585 bits per heavy atom. The number of thiophene rings is 12. The van der Waals surface area contributed by atoms with E-state index >= 15 is 0 Å². The van der Waals surface area contributed by atoms with Gasteiger partial charge in [-0.1, -0.05) is 283 Å². The maximum Gasteiger partial charge on any atom is 0.266 e. The van der Waals surface area contributed by atoms with Crippen molar-refractivity contribution in [3.63, 3.8) is 0 Å². The fourth-order valence-electron chi connectivity index (χ4n) is 18.5. The molecule has 15 rings (SSSR count). The number of likely N-dealkylation sites (N-methyl/N-ethyl adjacent to an activating group) is 2. The molecule has 0 aliphatic carbocycles. The molecule has 0 spiro atoms. The van der Waals surface area contributed by atoms with Gasteiger partial charge in [0.05, 0.1) is 9.81 Å². The molecule has 4 nitrogen and oxygen atoms in total. The standard InChI is InChI=1S/C110H132N2O2S16/c1-11-21-27-31-35-39-45-73-63-79(67-97-107(113)111(19-9)109(115)129-97)119-101(73)89-57-59-91(123-89)103-75(47-41-37-33-29-23-13-3)65-93(125-103)95-69-81-99(87-55-53-85(121-87)83-51-49-77(117-83)61-71(17-7)43-25-15-5)106-82(100(105(81)127-95)88-56-54-86(122-88)84-52-50-78(118-84)62-72(18-8)44-26-16-6)70-96(128-106)94-66-76(48-42-38-34-30-24-14-4)104(126-94)92-60-58-90(124-92)102-74(46-40-36-32-28-22-12-2)64-80(120-102)68-98-108(114)112(20-10)110(116)130-98/h49-60,63-72H,11-48,61-62H2,1-10H3/b97-67-,98-68-. The average molecular weight is 2030 g/mol. The third-order valence-corrected chi connectivity index (χ3v) is 43.8. The summed E-state index contributed by atoms with van der Waals surface area (Å²) >= 11 is 38.3. The van der Waals surface area contributed by atoms with Gasteiger partial charge >= 0.3 is 0 Å². The quantitative estimate of drug-likeness (QED) is 0.0215. The van der Waals surface area contributed by atoms with Crippen LogP contribution < -0.4 is 0 Å². The van der Waals surface area contributed by atoms with E-state index in [-0.39, 0.29) is 11.8 Å². The Hall–Kier alpha value is -4.56. The minimum absolute atomic E-state index is 0.0280. The molecule has 13 aromatic rings. The van der Waals surface area contributed by atoms with Gasteiger partial charge in [0.25, 0.3) is 11.8 Å². The largest absolute Gasteiger partial charge is 0.293 e. The first-order valence-electron chi connectivity index (χ1n) is 49.3. The SMILES string of the molecule is CCCCCCCCc1cc(/C=C2\SC(=S)N(CC)C2=O)sc1-c1ccc(-c2sc(-c3cc4c(-c5ccc(-c6ccc(CC(CC)CCCC)s6)s5)c5sc(-c6cc(CCCCCCCC)c(-c7ccc(-c8sc(/C=C9\SC(=S)N(CC)C9=O)cc8CCCCCCCC)s7)s6)cc5c(-c5ccc(-c6ccc(CC(CC)CCCC)s6)s5)c4s3)cc2CCCCCCCC)s1. The van der Waals surface area contributed by atoms with Crippen molar-refractivity contribution >= 4 is 237 Å². The lowest BCUT2D eigenvalue weighted by Crippen LogP contribution is -2.27. The highest BCUT2D eigenvalue weighted by atomic mass is 32.2. The summed E-state index contributed by atoms with van der Waals surface area (Å²) in [5, 5.41) is 2.73. The predicted molar refractivity (Wildman–Crippen MR) is 604 cm³/mol. The van der Waals surface area contributed by atoms with E-state index in [4.69, 9.17) is 24.4 Å². The molecule has 12 aromatic heterocycles. The third kappa shape index (κ3) is 24.8. The van der Waals surface area contributed by atoms with Gasteiger partial charge in [-0.2, -0.15) is 0 Å². The zero-order valence-electron chi connectivity index (χ0n) is 78.2. The van der Waals surface area contributed by atoms with Crippen LogP contribution in [0.4, 0.5) is 0 Å². The van der Waals surface area contributed by atoms with Crippen LogP contribution in [0.15, 0.2) is 119 Å². The number of rotatable bonds is 54. The van der Waals surface area contributed by atoms with Gasteiger partial charge in [-0.15, -0.1) is 136 Å². The Kier molecular flexibility index (Phi) is 38.1. The van der Waals surface area contributed by atoms with Crippen LogP contribution in [0.1, 0.15) is 316 Å². The van der Waals surface area contributed by atoms with Crippen LogP contribution in [0.25, 0.3) is 131 Å². The molecule has 2 saturated heterocycles. The van der Waals surface area contributed by atoms with Gasteiger partial charge < -0.3 is 0 Å². The lowest BCUT2D eigenvalue weighted by atomic mass is 9.95. The molecule has 0 radical (unpaired) electrons. The van der Waals surface area contributed by atoms with Gasteiger partial charge in [0.15, 0.2) is 0 Å². The fraction of sp³-hybridized carbons (Fsp3) is 0.473. The molecular formula is C110H132N2O2S16. The van der Waals surface area contributed by atoms with Crippen LogP contribution >= 0.6 is 184 Å². The summed E-state index contributed by atoms with van der Waals surface area (Å²) in [6.07, 6.45) is 51.0. The van der Waals surface area contributed by atoms with Crippen molar-refractivity contribution in [2.75, 3.05) is 13.1 Å². The highest BCUT2D eigenvalue weighted by Crippen LogP contribution is 2.59. The van der Waals surface area contributed by atoms with Gasteiger partial charge in [-0.3, -0.25) is 19.4 Å². The topological polar surface area (TPSA) is 40.6 Å². The number of thiocarbonyl (C=S) groups is 2. The second kappa shape index (κ2) is 49.6. The molecule has 130 heavy (non-hydrogen) atoms. The van der Waals surface area contributed by atoms with E-state index in [9.17, 15) is 9.59 Å². The van der Waals surface area contributed by atoms with E-state index in [0.717, 1.165) is 70.9 Å². The third-order valence-electron chi connectivity index (χ3n) is 26.0. The number of hydrogen-bond donors (Lipinski definition) is 0. The van der Waals surface area contributed by atoms with Gasteiger partial charge in [0, 0.05) is 152 Å². The molecule has 0 bridgehead atoms. The van der Waals surface area contributed by atoms with Crippen LogP contribution in [0.3, 0.4) is 0 Å². The van der Waals surface area contributed by atoms with Crippen LogP contribution in [0, 0.1) is 11.8 Å². The normalized spacial score (nSPS) is 14.5. The van der Waals surface area contributed by atoms with E-state index < -0.39 is 0 Å². The first kappa shape index (κ1) is 99.9. The minimum Gasteiger partial charge on any atom is -0.293 e. The molecule has 0 N–H and O–H groups in total. The highest BCUT2D eigenvalue weighted by molar-refractivity contribution is 8.27. The molecule has 690 valence electrons. The van der Waals surface area contributed by atoms with Crippen LogP contribution in [-0.4, -0.2) is 43.3 Å². The summed E-state index contributed by atoms with van der Waals surface area (Å²) in [5.41, 5.74) is 8.52. The first-order chi connectivity index (χ1) is 63.6. The number of carbonyl (C=O) groups excluding carboxylic acids is 2. The Bertz CT molecular complexity index is 5560. The molecule has 2 amide bonds. The van der Waals surface area contributed by atoms with Crippen LogP contribution in [0.2, 0.25) is 0 Å². The molecule has 14 heterocycles. The van der Waals surface area contributed by atoms with Crippen molar-refractivity contribution in [1.82, 2.24) is 9.80 Å². The number of unbranched alkanes of at least 4 members (excludes halogenated alkanes) is 22. The predicted octanol–water partition coefficient (Wildman–Crippen LogP) is 41.0. The summed E-state index contributed by atoms with van der Waals surface area (Å²) < 4.78 is 4.08. The monoisotopic (exact) mass is 2020 g/mol. The second-order valence-corrected chi connectivity index (χ2v) is 52.1. The highest BCUT2D eigenvalue weighted by Gasteiger charge is 2.34. The first-order valence-corrected chi connectivity index (χ1v) is 61.5. The number of benzene rings is 1. The van der Waals surface area contributed by atoms with Gasteiger partial charge in [-0.05, 0) is 233 Å². The zero-order valence-corrected chi connectivity index (χ0v) is 91.3. The molecule has 0 saturated carbocycles. The molecule has 2 unspecified atom stereocenters. The Labute approximate surface area is 844 Å². The van der Waals surface area contributed by atoms with Crippen molar-refractivity contribution in [3.8, 4) is 98.9 Å². The van der Waals surface area contributed by atoms with Crippen LogP contribution in [-0.2, 0) is 48.1 Å². The summed E-state index contributed by atoms with van der Waals surface area (Å²) in [4.78, 5) is 62.2. The molecular weight excluding hydrogens is 1890 g/mol. The van der Waals surface area contributed by atoms with E-state index in [2.05, 4.69) is 177 Å². The maximum atomic E-state index is 13.7. The summed E-state index contributed by atoms with van der Waals surface area (Å²) in [6, 6.07) is 44.8. The summed E-state index contributed by atoms with van der Waals surface area (Å²) in [7, 11) is 0. The molecule has 20 heteroatoms. The van der Waals surface area contributed by atoms with Gasteiger partial charge in [0.2, 0.25) is 0 Å². The number of fused-ring (bicyclic) bond motifs is 2. The average Bonchev–Trinajstić information content (AvgIpc) is 1.55. The van der Waals surface area contributed by atoms with E-state index in [1.54, 1.807) is 9.80 Å². The maximum absolute atomic E-state index is 13.7. The number of hydrogen-bond acceptors (Lipinski definition) is 18. The molecule has 2 fully saturated rings. The van der Waals surface area contributed by atoms with Crippen molar-refractivity contribution in [2.24, 2.45) is 11.8 Å². The van der Waals surface area contributed by atoms with Gasteiger partial charge in [0.1, 0.15) is 8.64 Å². The molecule has 1 aromatic carbocycles. The zero-order chi connectivity index (χ0) is 90.6. The second-order valence-electron chi connectivity index (χ2n) is 35.7. The van der Waals surface area contributed by atoms with Crippen LogP contribution in [0.5, 0.6) is 0 Å². The summed E-state index contributed by atoms with van der Waals surface area (Å²) in [6.45, 7) is 23.9. The number of amides is 2. The lowest BCUT2D eigenvalue weighted by Gasteiger charge is -2.12. The Morgan fingerprint density at radius 3 is 0.923 bits per heavy atom. The smallest absolute Gasteiger partial charge is 0.266 e. The van der Waals surface area contributed by atoms with Gasteiger partial charge in [-0.25, -0.2) is 0 Å². The number of thioether (sulfide) groups is 2. The van der Waals surface area contributed by atoms with Crippen molar-refractivity contribution in [2.45, 2.75) is 313 Å². The lowest BCUT2D eigenvalue weighted by molar-refractivity contribution is -0.122. The van der Waals surface area contributed by atoms with Crippen molar-refractivity contribution in [1.29, 1.82) is 0 Å².